The Kier molecular flexibility index (Phi) is 4.80. The Hall–Kier alpha value is -2.34. The molecular weight excluding hydrogens is 336 g/mol. The summed E-state index contributed by atoms with van der Waals surface area (Å²) < 4.78 is 21.4. The van der Waals surface area contributed by atoms with Gasteiger partial charge in [-0.15, -0.1) is 0 Å². The maximum Gasteiger partial charge on any atom is 0.312 e. The van der Waals surface area contributed by atoms with Gasteiger partial charge in [0.1, 0.15) is 23.2 Å². The summed E-state index contributed by atoms with van der Waals surface area (Å²) in [5.74, 6) is -1.61. The number of hydrogen-bond acceptors (Lipinski definition) is 6. The summed E-state index contributed by atoms with van der Waals surface area (Å²) >= 11 is 0. The molecule has 2 heterocycles. The fourth-order valence-corrected chi connectivity index (χ4v) is 4.15. The molecule has 2 bridgehead atoms. The molecule has 1 saturated heterocycles. The standard InChI is InChI=1S/C20H24O6/c1-19-10-11-20(26-19,9-8-13-6-5-7-14(12-13)23-2)16(18(22)25-4)15(19)17(21)24-3/h5-7,10-12,15-16H,8-9H2,1-4H3/t15-,16+,19+,20-/m0/s1. The molecule has 6 nitrogen and oxygen atoms in total. The van der Waals surface area contributed by atoms with Crippen molar-refractivity contribution in [2.45, 2.75) is 31.0 Å². The van der Waals surface area contributed by atoms with Crippen LogP contribution in [0.2, 0.25) is 0 Å². The highest BCUT2D eigenvalue weighted by Crippen LogP contribution is 2.56. The van der Waals surface area contributed by atoms with Gasteiger partial charge in [0.25, 0.3) is 0 Å². The van der Waals surface area contributed by atoms with Gasteiger partial charge in [-0.25, -0.2) is 0 Å². The fraction of sp³-hybridized carbons (Fsp3) is 0.500. The quantitative estimate of drug-likeness (QED) is 0.573. The molecule has 6 heteroatoms. The lowest BCUT2D eigenvalue weighted by molar-refractivity contribution is -0.158. The lowest BCUT2D eigenvalue weighted by atomic mass is 9.69. The van der Waals surface area contributed by atoms with Crippen LogP contribution in [-0.2, 0) is 30.2 Å². The van der Waals surface area contributed by atoms with Crippen LogP contribution in [0.1, 0.15) is 18.9 Å². The van der Waals surface area contributed by atoms with E-state index in [2.05, 4.69) is 0 Å². The molecule has 0 aromatic heterocycles. The highest BCUT2D eigenvalue weighted by Gasteiger charge is 2.67. The van der Waals surface area contributed by atoms with Gasteiger partial charge in [0.05, 0.1) is 26.9 Å². The lowest BCUT2D eigenvalue weighted by Crippen LogP contribution is -2.46. The van der Waals surface area contributed by atoms with E-state index < -0.39 is 35.0 Å². The van der Waals surface area contributed by atoms with Crippen molar-refractivity contribution in [2.24, 2.45) is 11.8 Å². The molecule has 0 N–H and O–H groups in total. The maximum absolute atomic E-state index is 12.5. The van der Waals surface area contributed by atoms with Gasteiger partial charge in [0.15, 0.2) is 0 Å². The third kappa shape index (κ3) is 2.88. The van der Waals surface area contributed by atoms with E-state index in [1.54, 1.807) is 14.0 Å². The minimum absolute atomic E-state index is 0.459. The van der Waals surface area contributed by atoms with E-state index in [-0.39, 0.29) is 0 Å². The van der Waals surface area contributed by atoms with Crippen LogP contribution in [0.25, 0.3) is 0 Å². The van der Waals surface area contributed by atoms with Crippen LogP contribution in [0.5, 0.6) is 5.75 Å². The lowest BCUT2D eigenvalue weighted by Gasteiger charge is -2.31. The van der Waals surface area contributed by atoms with E-state index in [0.717, 1.165) is 11.3 Å². The van der Waals surface area contributed by atoms with E-state index in [9.17, 15) is 9.59 Å². The third-order valence-corrected chi connectivity index (χ3v) is 5.43. The molecule has 0 spiro atoms. The molecule has 2 aliphatic heterocycles. The zero-order valence-corrected chi connectivity index (χ0v) is 15.5. The van der Waals surface area contributed by atoms with Crippen LogP contribution in [0.4, 0.5) is 0 Å². The number of rotatable bonds is 6. The third-order valence-electron chi connectivity index (χ3n) is 5.43. The zero-order valence-electron chi connectivity index (χ0n) is 15.5. The minimum atomic E-state index is -0.885. The molecule has 0 unspecified atom stereocenters. The monoisotopic (exact) mass is 360 g/mol. The van der Waals surface area contributed by atoms with Crippen molar-refractivity contribution in [3.8, 4) is 5.75 Å². The number of fused-ring (bicyclic) bond motifs is 2. The summed E-state index contributed by atoms with van der Waals surface area (Å²) in [5, 5.41) is 0. The second-order valence-corrected chi connectivity index (χ2v) is 6.93. The first-order valence-corrected chi connectivity index (χ1v) is 8.58. The largest absolute Gasteiger partial charge is 0.497 e. The van der Waals surface area contributed by atoms with Gasteiger partial charge in [0, 0.05) is 0 Å². The molecule has 0 radical (unpaired) electrons. The number of aryl methyl sites for hydroxylation is 1. The van der Waals surface area contributed by atoms with Crippen LogP contribution in [0.15, 0.2) is 36.4 Å². The number of methoxy groups -OCH3 is 3. The summed E-state index contributed by atoms with van der Waals surface area (Å²) in [6.45, 7) is 1.81. The molecule has 1 aromatic carbocycles. The van der Waals surface area contributed by atoms with Crippen LogP contribution < -0.4 is 4.74 Å². The Balaban J connectivity index is 1.89. The number of hydrogen-bond donors (Lipinski definition) is 0. The molecule has 0 saturated carbocycles. The second kappa shape index (κ2) is 6.76. The van der Waals surface area contributed by atoms with Crippen molar-refractivity contribution < 1.29 is 28.5 Å². The van der Waals surface area contributed by atoms with Crippen molar-refractivity contribution in [1.29, 1.82) is 0 Å². The van der Waals surface area contributed by atoms with Gasteiger partial charge < -0.3 is 18.9 Å². The molecule has 26 heavy (non-hydrogen) atoms. The Labute approximate surface area is 153 Å². The Morgan fingerprint density at radius 3 is 2.42 bits per heavy atom. The molecule has 1 aromatic rings. The van der Waals surface area contributed by atoms with E-state index >= 15 is 0 Å². The van der Waals surface area contributed by atoms with Crippen molar-refractivity contribution in [2.75, 3.05) is 21.3 Å². The SMILES string of the molecule is COC(=O)[C@@H]1[C@H](C(=O)OC)[C@]2(CCc3cccc(OC)c3)C=C[C@@]1(C)O2. The summed E-state index contributed by atoms with van der Waals surface area (Å²) in [4.78, 5) is 24.9. The highest BCUT2D eigenvalue weighted by molar-refractivity contribution is 5.86. The number of carbonyl (C=O) groups excluding carboxylic acids is 2. The number of esters is 2. The van der Waals surface area contributed by atoms with Gasteiger partial charge in [-0.3, -0.25) is 9.59 Å². The Bertz CT molecular complexity index is 742. The molecule has 140 valence electrons. The number of benzene rings is 1. The van der Waals surface area contributed by atoms with Gasteiger partial charge in [-0.1, -0.05) is 24.3 Å². The summed E-state index contributed by atoms with van der Waals surface area (Å²) in [5.41, 5.74) is -0.696. The molecule has 2 aliphatic rings. The van der Waals surface area contributed by atoms with Gasteiger partial charge >= 0.3 is 11.9 Å². The van der Waals surface area contributed by atoms with E-state index in [0.29, 0.717) is 12.8 Å². The van der Waals surface area contributed by atoms with Crippen LogP contribution in [0, 0.1) is 11.8 Å². The van der Waals surface area contributed by atoms with Crippen molar-refractivity contribution >= 4 is 11.9 Å². The van der Waals surface area contributed by atoms with Gasteiger partial charge in [-0.05, 0) is 37.5 Å². The number of carbonyl (C=O) groups is 2. The first-order chi connectivity index (χ1) is 12.4. The second-order valence-electron chi connectivity index (χ2n) is 6.93. The number of ether oxygens (including phenoxy) is 4. The predicted molar refractivity (Wildman–Crippen MR) is 93.7 cm³/mol. The van der Waals surface area contributed by atoms with Crippen molar-refractivity contribution in [1.82, 2.24) is 0 Å². The van der Waals surface area contributed by atoms with Crippen LogP contribution >= 0.6 is 0 Å². The molecular formula is C20H24O6. The fourth-order valence-electron chi connectivity index (χ4n) is 4.15. The average Bonchev–Trinajstić information content (AvgIpc) is 3.14. The zero-order chi connectivity index (χ0) is 18.9. The molecule has 1 fully saturated rings. The van der Waals surface area contributed by atoms with E-state index in [4.69, 9.17) is 18.9 Å². The van der Waals surface area contributed by atoms with Crippen molar-refractivity contribution in [3.63, 3.8) is 0 Å². The molecule has 0 amide bonds. The summed E-state index contributed by atoms with van der Waals surface area (Å²) in [6.07, 6.45) is 4.96. The van der Waals surface area contributed by atoms with Crippen LogP contribution in [-0.4, -0.2) is 44.5 Å². The van der Waals surface area contributed by atoms with Crippen molar-refractivity contribution in [3.05, 3.63) is 42.0 Å². The highest BCUT2D eigenvalue weighted by atomic mass is 16.6. The molecule has 4 atom stereocenters. The van der Waals surface area contributed by atoms with E-state index in [1.165, 1.54) is 14.2 Å². The summed E-state index contributed by atoms with van der Waals surface area (Å²) in [7, 11) is 4.26. The molecule has 0 aliphatic carbocycles. The first-order valence-electron chi connectivity index (χ1n) is 8.58. The minimum Gasteiger partial charge on any atom is -0.497 e. The topological polar surface area (TPSA) is 71.1 Å². The molecule has 3 rings (SSSR count). The van der Waals surface area contributed by atoms with E-state index in [1.807, 2.05) is 36.4 Å². The summed E-state index contributed by atoms with van der Waals surface area (Å²) in [6, 6.07) is 7.75. The first kappa shape index (κ1) is 18.5. The van der Waals surface area contributed by atoms with Crippen LogP contribution in [0.3, 0.4) is 0 Å². The predicted octanol–water partition coefficient (Wildman–Crippen LogP) is 2.30. The average molecular weight is 360 g/mol. The maximum atomic E-state index is 12.5. The Morgan fingerprint density at radius 1 is 1.08 bits per heavy atom. The van der Waals surface area contributed by atoms with Gasteiger partial charge in [-0.2, -0.15) is 0 Å². The Morgan fingerprint density at radius 2 is 1.77 bits per heavy atom. The normalized spacial score (nSPS) is 31.7. The van der Waals surface area contributed by atoms with Gasteiger partial charge in [0.2, 0.25) is 0 Å². The smallest absolute Gasteiger partial charge is 0.312 e.